The predicted molar refractivity (Wildman–Crippen MR) is 152 cm³/mol. The molecule has 0 unspecified atom stereocenters. The van der Waals surface area contributed by atoms with Crippen LogP contribution in [0.4, 0.5) is 17.3 Å². The quantitative estimate of drug-likeness (QED) is 0.288. The summed E-state index contributed by atoms with van der Waals surface area (Å²) in [6, 6.07) is 17.1. The van der Waals surface area contributed by atoms with Crippen LogP contribution in [0.5, 0.6) is 0 Å². The van der Waals surface area contributed by atoms with E-state index in [-0.39, 0.29) is 5.75 Å². The zero-order valence-electron chi connectivity index (χ0n) is 21.6. The van der Waals surface area contributed by atoms with Gasteiger partial charge in [-0.3, -0.25) is 9.62 Å². The van der Waals surface area contributed by atoms with Crippen LogP contribution in [-0.2, 0) is 21.3 Å². The van der Waals surface area contributed by atoms with Crippen LogP contribution in [0.2, 0.25) is 0 Å². The summed E-state index contributed by atoms with van der Waals surface area (Å²) in [5.74, 6) is 0.411. The number of aromatic nitrogens is 5. The minimum absolute atomic E-state index is 0.0110. The maximum atomic E-state index is 12.3. The Bertz CT molecular complexity index is 1720. The topological polar surface area (TPSA) is 119 Å². The Morgan fingerprint density at radius 3 is 2.69 bits per heavy atom. The van der Waals surface area contributed by atoms with E-state index >= 15 is 0 Å². The fraction of sp³-hybridized carbons (Fsp3) is 0.296. The molecule has 1 saturated heterocycles. The second-order valence-electron chi connectivity index (χ2n) is 9.41. The lowest BCUT2D eigenvalue weighted by atomic mass is 10.1. The van der Waals surface area contributed by atoms with Gasteiger partial charge in [0.05, 0.1) is 59.4 Å². The minimum Gasteiger partial charge on any atom is -0.379 e. The lowest BCUT2D eigenvalue weighted by Gasteiger charge is -2.26. The molecule has 3 aromatic heterocycles. The molecular formula is C27H30N8O3S. The molecule has 2 aromatic carbocycles. The number of sulfonamides is 1. The monoisotopic (exact) mass is 546 g/mol. The zero-order chi connectivity index (χ0) is 26.8. The minimum atomic E-state index is -3.44. The molecular weight excluding hydrogens is 516 g/mol. The summed E-state index contributed by atoms with van der Waals surface area (Å²) in [6.45, 7) is 6.87. The molecule has 0 amide bonds. The molecule has 0 atom stereocenters. The van der Waals surface area contributed by atoms with Crippen molar-refractivity contribution in [2.24, 2.45) is 0 Å². The maximum absolute atomic E-state index is 12.3. The zero-order valence-corrected chi connectivity index (χ0v) is 22.4. The van der Waals surface area contributed by atoms with Gasteiger partial charge in [-0.1, -0.05) is 18.2 Å². The van der Waals surface area contributed by atoms with Crippen molar-refractivity contribution < 1.29 is 13.2 Å². The number of rotatable bonds is 9. The maximum Gasteiger partial charge on any atom is 0.245 e. The van der Waals surface area contributed by atoms with Crippen molar-refractivity contribution in [3.8, 4) is 11.3 Å². The molecule has 0 radical (unpaired) electrons. The number of nitrogens with one attached hydrogen (secondary N) is 2. The van der Waals surface area contributed by atoms with Crippen molar-refractivity contribution >= 4 is 43.9 Å². The van der Waals surface area contributed by atoms with Gasteiger partial charge in [-0.2, -0.15) is 0 Å². The van der Waals surface area contributed by atoms with Crippen LogP contribution in [0.3, 0.4) is 0 Å². The summed E-state index contributed by atoms with van der Waals surface area (Å²) in [4.78, 5) is 11.5. The fourth-order valence-electron chi connectivity index (χ4n) is 4.71. The van der Waals surface area contributed by atoms with Crippen LogP contribution in [-0.4, -0.2) is 76.1 Å². The molecule has 0 aliphatic carbocycles. The predicted octanol–water partition coefficient (Wildman–Crippen LogP) is 3.58. The van der Waals surface area contributed by atoms with Gasteiger partial charge >= 0.3 is 0 Å². The molecule has 1 fully saturated rings. The fourth-order valence-corrected chi connectivity index (χ4v) is 5.37. The van der Waals surface area contributed by atoms with Gasteiger partial charge in [0, 0.05) is 37.4 Å². The van der Waals surface area contributed by atoms with E-state index in [1.54, 1.807) is 29.8 Å². The average molecular weight is 547 g/mol. The number of ether oxygens (including phenoxy) is 1. The summed E-state index contributed by atoms with van der Waals surface area (Å²) in [5, 5.41) is 8.05. The third-order valence-corrected chi connectivity index (χ3v) is 8.18. The molecule has 11 nitrogen and oxygen atoms in total. The number of nitrogens with zero attached hydrogens (tertiary/aromatic N) is 6. The van der Waals surface area contributed by atoms with Crippen LogP contribution < -0.4 is 10.0 Å². The van der Waals surface area contributed by atoms with Crippen molar-refractivity contribution in [2.75, 3.05) is 48.6 Å². The Morgan fingerprint density at radius 1 is 1.00 bits per heavy atom. The third kappa shape index (κ3) is 5.44. The average Bonchev–Trinajstić information content (AvgIpc) is 3.56. The highest BCUT2D eigenvalue weighted by atomic mass is 32.2. The van der Waals surface area contributed by atoms with Crippen molar-refractivity contribution in [3.63, 3.8) is 0 Å². The van der Waals surface area contributed by atoms with Crippen LogP contribution in [0.1, 0.15) is 6.92 Å². The summed E-state index contributed by atoms with van der Waals surface area (Å²) in [5.41, 5.74) is 5.58. The number of hydrogen-bond acceptors (Lipinski definition) is 8. The van der Waals surface area contributed by atoms with Crippen LogP contribution >= 0.6 is 0 Å². The van der Waals surface area contributed by atoms with E-state index in [4.69, 9.17) is 9.84 Å². The molecule has 6 rings (SSSR count). The Morgan fingerprint density at radius 2 is 1.85 bits per heavy atom. The molecule has 202 valence electrons. The molecule has 1 aliphatic rings. The van der Waals surface area contributed by atoms with Gasteiger partial charge in [0.15, 0.2) is 0 Å². The first-order valence-corrected chi connectivity index (χ1v) is 14.6. The Kier molecular flexibility index (Phi) is 6.90. The smallest absolute Gasteiger partial charge is 0.245 e. The Balaban J connectivity index is 1.27. The van der Waals surface area contributed by atoms with Crippen molar-refractivity contribution in [2.45, 2.75) is 13.5 Å². The highest BCUT2D eigenvalue weighted by Gasteiger charge is 2.16. The van der Waals surface area contributed by atoms with Gasteiger partial charge in [-0.15, -0.1) is 5.10 Å². The van der Waals surface area contributed by atoms with E-state index in [1.807, 2.05) is 42.7 Å². The first kappa shape index (κ1) is 25.3. The van der Waals surface area contributed by atoms with Crippen LogP contribution in [0, 0.1) is 0 Å². The second kappa shape index (κ2) is 10.6. The van der Waals surface area contributed by atoms with E-state index in [2.05, 4.69) is 35.5 Å². The summed E-state index contributed by atoms with van der Waals surface area (Å²) >= 11 is 0. The summed E-state index contributed by atoms with van der Waals surface area (Å²) in [7, 11) is -3.44. The first-order valence-electron chi connectivity index (χ1n) is 13.0. The van der Waals surface area contributed by atoms with Gasteiger partial charge in [-0.05, 0) is 43.3 Å². The lowest BCUT2D eigenvalue weighted by molar-refractivity contribution is 0.0365. The van der Waals surface area contributed by atoms with Crippen molar-refractivity contribution in [1.29, 1.82) is 0 Å². The molecule has 1 aliphatic heterocycles. The Labute approximate surface area is 226 Å². The highest BCUT2D eigenvalue weighted by Crippen LogP contribution is 2.30. The van der Waals surface area contributed by atoms with Crippen LogP contribution in [0.25, 0.3) is 27.8 Å². The molecule has 5 aromatic rings. The largest absolute Gasteiger partial charge is 0.379 e. The van der Waals surface area contributed by atoms with E-state index < -0.39 is 10.0 Å². The van der Waals surface area contributed by atoms with Crippen LogP contribution in [0.15, 0.2) is 67.1 Å². The molecule has 0 spiro atoms. The third-order valence-electron chi connectivity index (χ3n) is 6.89. The molecule has 2 N–H and O–H groups in total. The normalized spacial score (nSPS) is 14.7. The van der Waals surface area contributed by atoms with E-state index in [0.717, 1.165) is 72.9 Å². The number of anilines is 3. The van der Waals surface area contributed by atoms with Crippen molar-refractivity contribution in [3.05, 3.63) is 67.1 Å². The van der Waals surface area contributed by atoms with Gasteiger partial charge < -0.3 is 14.6 Å². The second-order valence-corrected chi connectivity index (χ2v) is 11.4. The van der Waals surface area contributed by atoms with E-state index in [9.17, 15) is 8.42 Å². The molecule has 4 heterocycles. The van der Waals surface area contributed by atoms with Gasteiger partial charge in [-0.25, -0.2) is 22.9 Å². The molecule has 39 heavy (non-hydrogen) atoms. The SMILES string of the molecule is CCS(=O)(=O)Nc1ccccc1-c1ccc2cnc(Nc3ccc4ncn(CCN5CCOCC5)c4c3)nn12. The molecule has 0 saturated carbocycles. The van der Waals surface area contributed by atoms with Gasteiger partial charge in [0.2, 0.25) is 16.0 Å². The Hall–Kier alpha value is -4.00. The molecule has 0 bridgehead atoms. The van der Waals surface area contributed by atoms with E-state index in [1.165, 1.54) is 0 Å². The van der Waals surface area contributed by atoms with Gasteiger partial charge in [0.1, 0.15) is 0 Å². The van der Waals surface area contributed by atoms with E-state index in [0.29, 0.717) is 11.6 Å². The number of para-hydroxylation sites is 1. The number of fused-ring (bicyclic) bond motifs is 2. The van der Waals surface area contributed by atoms with Crippen molar-refractivity contribution in [1.82, 2.24) is 29.0 Å². The number of hydrogen-bond donors (Lipinski definition) is 2. The lowest BCUT2D eigenvalue weighted by Crippen LogP contribution is -2.38. The first-order chi connectivity index (χ1) is 19.0. The highest BCUT2D eigenvalue weighted by molar-refractivity contribution is 7.92. The molecule has 12 heteroatoms. The number of imidazole rings is 1. The number of morpholine rings is 1. The standard InChI is InChI=1S/C27H30N8O3S/c1-2-39(36,37)32-23-6-4-3-5-22(23)25-10-8-21-18-28-27(31-35(21)25)30-20-7-9-24-26(17-20)34(19-29-24)12-11-33-13-15-38-16-14-33/h3-10,17-19,32H,2,11-16H2,1H3,(H,30,31). The summed E-state index contributed by atoms with van der Waals surface area (Å²) < 4.78 is 36.6. The summed E-state index contributed by atoms with van der Waals surface area (Å²) in [6.07, 6.45) is 3.62. The number of benzene rings is 2. The van der Waals surface area contributed by atoms with Gasteiger partial charge in [0.25, 0.3) is 0 Å².